The first-order valence-electron chi connectivity index (χ1n) is 6.43. The van der Waals surface area contributed by atoms with Gasteiger partial charge in [0.25, 0.3) is 5.91 Å². The van der Waals surface area contributed by atoms with Crippen LogP contribution in [0.15, 0.2) is 10.8 Å². The number of piperidine rings is 1. The molecule has 2 rings (SSSR count). The molecule has 1 aliphatic rings. The summed E-state index contributed by atoms with van der Waals surface area (Å²) >= 11 is 0. The van der Waals surface area contributed by atoms with Crippen LogP contribution in [0.1, 0.15) is 42.9 Å². The number of hydrogen-bond donors (Lipinski definition) is 1. The van der Waals surface area contributed by atoms with Crippen molar-refractivity contribution < 1.29 is 19.1 Å². The molecule has 1 amide bonds. The zero-order chi connectivity index (χ0) is 14.0. The Morgan fingerprint density at radius 3 is 2.95 bits per heavy atom. The molecule has 1 saturated heterocycles. The first-order chi connectivity index (χ1) is 8.98. The van der Waals surface area contributed by atoms with Crippen molar-refractivity contribution in [3.63, 3.8) is 0 Å². The van der Waals surface area contributed by atoms with Crippen molar-refractivity contribution in [2.75, 3.05) is 13.1 Å². The van der Waals surface area contributed by atoms with E-state index in [2.05, 4.69) is 4.98 Å². The summed E-state index contributed by atoms with van der Waals surface area (Å²) in [5.74, 6) is -0.550. The van der Waals surface area contributed by atoms with E-state index in [1.54, 1.807) is 11.8 Å². The van der Waals surface area contributed by atoms with Gasteiger partial charge in [-0.05, 0) is 19.8 Å². The fraction of sp³-hybridized carbons (Fsp3) is 0.615. The second-order valence-corrected chi connectivity index (χ2v) is 5.17. The molecule has 104 valence electrons. The molecule has 1 aliphatic heterocycles. The SMILES string of the molecule is CCc1ocnc1C(=O)N1CCCC(C)(C(=O)O)C1. The predicted molar refractivity (Wildman–Crippen MR) is 66.8 cm³/mol. The molecular weight excluding hydrogens is 248 g/mol. The molecule has 1 aromatic heterocycles. The molecule has 1 N–H and O–H groups in total. The van der Waals surface area contributed by atoms with Gasteiger partial charge in [0, 0.05) is 19.5 Å². The molecule has 6 heteroatoms. The molecule has 0 saturated carbocycles. The van der Waals surface area contributed by atoms with Crippen LogP contribution in [0.4, 0.5) is 0 Å². The number of carboxylic acid groups (broad SMARTS) is 1. The Bertz CT molecular complexity index is 497. The van der Waals surface area contributed by atoms with Gasteiger partial charge in [-0.3, -0.25) is 9.59 Å². The molecule has 19 heavy (non-hydrogen) atoms. The Kier molecular flexibility index (Phi) is 3.59. The number of carbonyl (C=O) groups excluding carboxylic acids is 1. The molecule has 0 aromatic carbocycles. The number of aliphatic carboxylic acids is 1. The molecule has 1 atom stereocenters. The van der Waals surface area contributed by atoms with E-state index in [0.717, 1.165) is 0 Å². The quantitative estimate of drug-likeness (QED) is 0.897. The highest BCUT2D eigenvalue weighted by Crippen LogP contribution is 2.30. The number of hydrogen-bond acceptors (Lipinski definition) is 4. The Morgan fingerprint density at radius 1 is 1.58 bits per heavy atom. The van der Waals surface area contributed by atoms with Gasteiger partial charge in [0.15, 0.2) is 12.1 Å². The summed E-state index contributed by atoms with van der Waals surface area (Å²) in [4.78, 5) is 29.2. The number of carbonyl (C=O) groups is 2. The van der Waals surface area contributed by atoms with E-state index in [0.29, 0.717) is 37.3 Å². The number of aromatic nitrogens is 1. The lowest BCUT2D eigenvalue weighted by Gasteiger charge is -2.37. The smallest absolute Gasteiger partial charge is 0.311 e. The lowest BCUT2D eigenvalue weighted by Crippen LogP contribution is -2.48. The summed E-state index contributed by atoms with van der Waals surface area (Å²) in [6, 6.07) is 0. The largest absolute Gasteiger partial charge is 0.481 e. The topological polar surface area (TPSA) is 83.6 Å². The predicted octanol–water partition coefficient (Wildman–Crippen LogP) is 1.56. The second kappa shape index (κ2) is 5.03. The summed E-state index contributed by atoms with van der Waals surface area (Å²) in [7, 11) is 0. The normalized spacial score (nSPS) is 23.4. The Morgan fingerprint density at radius 2 is 2.32 bits per heavy atom. The molecule has 0 bridgehead atoms. The summed E-state index contributed by atoms with van der Waals surface area (Å²) < 4.78 is 5.15. The number of likely N-dealkylation sites (tertiary alicyclic amines) is 1. The van der Waals surface area contributed by atoms with Gasteiger partial charge in [-0.25, -0.2) is 4.98 Å². The van der Waals surface area contributed by atoms with Gasteiger partial charge in [-0.15, -0.1) is 0 Å². The maximum absolute atomic E-state index is 12.4. The fourth-order valence-electron chi connectivity index (χ4n) is 2.43. The zero-order valence-corrected chi connectivity index (χ0v) is 11.2. The highest BCUT2D eigenvalue weighted by molar-refractivity contribution is 5.93. The van der Waals surface area contributed by atoms with Gasteiger partial charge in [-0.2, -0.15) is 0 Å². The van der Waals surface area contributed by atoms with Crippen molar-refractivity contribution in [2.45, 2.75) is 33.1 Å². The van der Waals surface area contributed by atoms with E-state index in [-0.39, 0.29) is 12.5 Å². The number of oxazole rings is 1. The third-order valence-corrected chi connectivity index (χ3v) is 3.66. The van der Waals surface area contributed by atoms with E-state index in [1.807, 2.05) is 6.92 Å². The molecular formula is C13H18N2O4. The minimum atomic E-state index is -0.871. The zero-order valence-electron chi connectivity index (χ0n) is 11.2. The van der Waals surface area contributed by atoms with Crippen LogP contribution in [0.3, 0.4) is 0 Å². The summed E-state index contributed by atoms with van der Waals surface area (Å²) in [5.41, 5.74) is -0.568. The van der Waals surface area contributed by atoms with Crippen LogP contribution in [0.2, 0.25) is 0 Å². The summed E-state index contributed by atoms with van der Waals surface area (Å²) in [6.07, 6.45) is 3.12. The average molecular weight is 266 g/mol. The monoisotopic (exact) mass is 266 g/mol. The molecule has 0 radical (unpaired) electrons. The van der Waals surface area contributed by atoms with Crippen LogP contribution in [0.5, 0.6) is 0 Å². The van der Waals surface area contributed by atoms with Gasteiger partial charge in [-0.1, -0.05) is 6.92 Å². The highest BCUT2D eigenvalue weighted by atomic mass is 16.4. The number of rotatable bonds is 3. The average Bonchev–Trinajstić information content (AvgIpc) is 2.86. The van der Waals surface area contributed by atoms with E-state index >= 15 is 0 Å². The van der Waals surface area contributed by atoms with E-state index in [9.17, 15) is 14.7 Å². The Balaban J connectivity index is 2.18. The third-order valence-electron chi connectivity index (χ3n) is 3.66. The number of amides is 1. The summed E-state index contributed by atoms with van der Waals surface area (Å²) in [6.45, 7) is 4.35. The van der Waals surface area contributed by atoms with Crippen molar-refractivity contribution in [1.82, 2.24) is 9.88 Å². The standard InChI is InChI=1S/C13H18N2O4/c1-3-9-10(14-8-19-9)11(16)15-6-4-5-13(2,7-15)12(17)18/h8H,3-7H2,1-2H3,(H,17,18). The summed E-state index contributed by atoms with van der Waals surface area (Å²) in [5, 5.41) is 9.26. The van der Waals surface area contributed by atoms with Crippen molar-refractivity contribution in [1.29, 1.82) is 0 Å². The minimum absolute atomic E-state index is 0.219. The van der Waals surface area contributed by atoms with E-state index in [1.165, 1.54) is 6.39 Å². The molecule has 2 heterocycles. The number of nitrogens with zero attached hydrogens (tertiary/aromatic N) is 2. The maximum Gasteiger partial charge on any atom is 0.311 e. The van der Waals surface area contributed by atoms with E-state index < -0.39 is 11.4 Å². The molecule has 1 unspecified atom stereocenters. The second-order valence-electron chi connectivity index (χ2n) is 5.17. The van der Waals surface area contributed by atoms with E-state index in [4.69, 9.17) is 4.42 Å². The molecule has 6 nitrogen and oxygen atoms in total. The first kappa shape index (κ1) is 13.6. The number of carboxylic acids is 1. The van der Waals surface area contributed by atoms with Crippen LogP contribution < -0.4 is 0 Å². The van der Waals surface area contributed by atoms with Crippen LogP contribution >= 0.6 is 0 Å². The Hall–Kier alpha value is -1.85. The molecule has 1 aromatic rings. The van der Waals surface area contributed by atoms with Gasteiger partial charge in [0.1, 0.15) is 5.76 Å². The van der Waals surface area contributed by atoms with Gasteiger partial charge in [0.05, 0.1) is 5.41 Å². The molecule has 1 fully saturated rings. The molecule has 0 spiro atoms. The lowest BCUT2D eigenvalue weighted by molar-refractivity contribution is -0.150. The lowest BCUT2D eigenvalue weighted by atomic mass is 9.82. The highest BCUT2D eigenvalue weighted by Gasteiger charge is 2.40. The number of aryl methyl sites for hydroxylation is 1. The van der Waals surface area contributed by atoms with Crippen molar-refractivity contribution in [3.8, 4) is 0 Å². The van der Waals surface area contributed by atoms with Crippen LogP contribution in [0.25, 0.3) is 0 Å². The van der Waals surface area contributed by atoms with Gasteiger partial charge < -0.3 is 14.4 Å². The van der Waals surface area contributed by atoms with Gasteiger partial charge >= 0.3 is 5.97 Å². The third kappa shape index (κ3) is 2.47. The van der Waals surface area contributed by atoms with Crippen molar-refractivity contribution in [2.24, 2.45) is 5.41 Å². The van der Waals surface area contributed by atoms with Crippen molar-refractivity contribution >= 4 is 11.9 Å². The maximum atomic E-state index is 12.4. The Labute approximate surface area is 111 Å². The van der Waals surface area contributed by atoms with Crippen LogP contribution in [0, 0.1) is 5.41 Å². The van der Waals surface area contributed by atoms with Crippen LogP contribution in [-0.4, -0.2) is 40.0 Å². The fourth-order valence-corrected chi connectivity index (χ4v) is 2.43. The van der Waals surface area contributed by atoms with Gasteiger partial charge in [0.2, 0.25) is 0 Å². The van der Waals surface area contributed by atoms with Crippen molar-refractivity contribution in [3.05, 3.63) is 17.8 Å². The minimum Gasteiger partial charge on any atom is -0.481 e. The van der Waals surface area contributed by atoms with Crippen LogP contribution in [-0.2, 0) is 11.2 Å². The first-order valence-corrected chi connectivity index (χ1v) is 6.43. The molecule has 0 aliphatic carbocycles.